The first kappa shape index (κ1) is 30.6. The van der Waals surface area contributed by atoms with Gasteiger partial charge in [0, 0.05) is 6.42 Å². The standard InChI is InChI=1S/C15H13F17/c1-2-3-4-5-6-7-8(16,17)9(18,19)10(20,21)11(22,23)12(24,25)13(26,27)14(28,29)15(30,31)32/h5-6H,2-4,7H2,1H3/b6-5+. The SMILES string of the molecule is CCCC/C=C/CC(F)(F)C(F)(F)C(F)(F)C(F)(F)C(F)(F)C(F)(F)C(F)(F)C(F)(F)F. The highest BCUT2D eigenvalue weighted by Gasteiger charge is 2.95. The third kappa shape index (κ3) is 4.48. The maximum Gasteiger partial charge on any atom is 0.460 e. The van der Waals surface area contributed by atoms with Crippen LogP contribution in [0, 0.1) is 0 Å². The molecular weight excluding hydrogens is 503 g/mol. The lowest BCUT2D eigenvalue weighted by molar-refractivity contribution is -0.461. The van der Waals surface area contributed by atoms with Crippen LogP contribution >= 0.6 is 0 Å². The van der Waals surface area contributed by atoms with Crippen molar-refractivity contribution in [1.82, 2.24) is 0 Å². The summed E-state index contributed by atoms with van der Waals surface area (Å²) in [5.74, 6) is -55.9. The third-order valence-corrected chi connectivity index (χ3v) is 4.05. The molecule has 0 rings (SSSR count). The zero-order valence-corrected chi connectivity index (χ0v) is 15.4. The molecule has 32 heavy (non-hydrogen) atoms. The van der Waals surface area contributed by atoms with Crippen LogP contribution in [-0.4, -0.2) is 47.6 Å². The van der Waals surface area contributed by atoms with Crippen LogP contribution in [0.15, 0.2) is 12.2 Å². The van der Waals surface area contributed by atoms with Crippen molar-refractivity contribution < 1.29 is 74.6 Å². The fourth-order valence-corrected chi connectivity index (χ4v) is 2.00. The summed E-state index contributed by atoms with van der Waals surface area (Å²) in [5, 5.41) is 0. The third-order valence-electron chi connectivity index (χ3n) is 4.05. The van der Waals surface area contributed by atoms with E-state index >= 15 is 0 Å². The van der Waals surface area contributed by atoms with E-state index in [-0.39, 0.29) is 18.9 Å². The van der Waals surface area contributed by atoms with E-state index in [1.807, 2.05) is 0 Å². The predicted octanol–water partition coefficient (Wildman–Crippen LogP) is 8.13. The number of alkyl halides is 17. The molecule has 0 radical (unpaired) electrons. The molecule has 0 aromatic heterocycles. The zero-order valence-electron chi connectivity index (χ0n) is 15.4. The highest BCUT2D eigenvalue weighted by Crippen LogP contribution is 2.64. The van der Waals surface area contributed by atoms with Crippen molar-refractivity contribution in [3.63, 3.8) is 0 Å². The summed E-state index contributed by atoms with van der Waals surface area (Å²) in [6, 6.07) is 0. The van der Waals surface area contributed by atoms with Gasteiger partial charge in [-0.1, -0.05) is 31.9 Å². The van der Waals surface area contributed by atoms with Gasteiger partial charge in [-0.05, 0) is 6.42 Å². The maximum absolute atomic E-state index is 13.5. The summed E-state index contributed by atoms with van der Waals surface area (Å²) >= 11 is 0. The number of hydrogen-bond donors (Lipinski definition) is 0. The van der Waals surface area contributed by atoms with Crippen molar-refractivity contribution >= 4 is 0 Å². The molecule has 0 atom stereocenters. The molecule has 0 bridgehead atoms. The first-order valence-electron chi connectivity index (χ1n) is 8.17. The Morgan fingerprint density at radius 2 is 0.812 bits per heavy atom. The van der Waals surface area contributed by atoms with Crippen LogP contribution in [0.4, 0.5) is 74.6 Å². The molecule has 0 fully saturated rings. The highest BCUT2D eigenvalue weighted by atomic mass is 19.4. The van der Waals surface area contributed by atoms with Gasteiger partial charge >= 0.3 is 47.6 Å². The van der Waals surface area contributed by atoms with Gasteiger partial charge in [-0.25, -0.2) is 0 Å². The Morgan fingerprint density at radius 3 is 1.16 bits per heavy atom. The van der Waals surface area contributed by atoms with Crippen molar-refractivity contribution in [3.8, 4) is 0 Å². The smallest absolute Gasteiger partial charge is 0.199 e. The molecule has 192 valence electrons. The molecule has 0 nitrogen and oxygen atoms in total. The molecule has 0 aliphatic heterocycles. The van der Waals surface area contributed by atoms with E-state index in [2.05, 4.69) is 0 Å². The normalized spacial score (nSPS) is 16.2. The first-order valence-corrected chi connectivity index (χ1v) is 8.17. The maximum atomic E-state index is 13.5. The van der Waals surface area contributed by atoms with Crippen molar-refractivity contribution in [2.24, 2.45) is 0 Å². The molecular formula is C15H13F17. The second kappa shape index (κ2) is 8.72. The lowest BCUT2D eigenvalue weighted by atomic mass is 9.88. The summed E-state index contributed by atoms with van der Waals surface area (Å²) in [4.78, 5) is 0. The first-order chi connectivity index (χ1) is 13.8. The van der Waals surface area contributed by atoms with Gasteiger partial charge < -0.3 is 0 Å². The van der Waals surface area contributed by atoms with E-state index in [4.69, 9.17) is 0 Å². The summed E-state index contributed by atoms with van der Waals surface area (Å²) in [7, 11) is 0. The Labute approximate surface area is 168 Å². The Bertz CT molecular complexity index is 655. The van der Waals surface area contributed by atoms with Gasteiger partial charge in [0.05, 0.1) is 0 Å². The molecule has 0 aromatic carbocycles. The van der Waals surface area contributed by atoms with E-state index in [1.54, 1.807) is 6.92 Å². The van der Waals surface area contributed by atoms with Crippen LogP contribution in [0.1, 0.15) is 32.6 Å². The van der Waals surface area contributed by atoms with E-state index in [0.29, 0.717) is 12.5 Å². The topological polar surface area (TPSA) is 0 Å². The van der Waals surface area contributed by atoms with Crippen LogP contribution in [-0.2, 0) is 0 Å². The predicted molar refractivity (Wildman–Crippen MR) is 74.0 cm³/mol. The van der Waals surface area contributed by atoms with Crippen LogP contribution < -0.4 is 0 Å². The fraction of sp³-hybridized carbons (Fsp3) is 0.867. The summed E-state index contributed by atoms with van der Waals surface area (Å²) in [6.07, 6.45) is -8.98. The minimum Gasteiger partial charge on any atom is -0.199 e. The Balaban J connectivity index is 6.39. The molecule has 0 aromatic rings. The number of rotatable bonds is 11. The lowest BCUT2D eigenvalue weighted by Crippen LogP contribution is -2.74. The summed E-state index contributed by atoms with van der Waals surface area (Å²) < 4.78 is 221. The summed E-state index contributed by atoms with van der Waals surface area (Å²) in [6.45, 7) is 1.57. The number of allylic oxidation sites excluding steroid dienone is 2. The van der Waals surface area contributed by atoms with Crippen LogP contribution in [0.3, 0.4) is 0 Å². The second-order valence-corrected chi connectivity index (χ2v) is 6.47. The van der Waals surface area contributed by atoms with Crippen molar-refractivity contribution in [3.05, 3.63) is 12.2 Å². The van der Waals surface area contributed by atoms with E-state index < -0.39 is 54.1 Å². The molecule has 0 spiro atoms. The highest BCUT2D eigenvalue weighted by molar-refractivity contribution is 5.15. The van der Waals surface area contributed by atoms with Gasteiger partial charge in [0.1, 0.15) is 0 Å². The van der Waals surface area contributed by atoms with Crippen molar-refractivity contribution in [1.29, 1.82) is 0 Å². The van der Waals surface area contributed by atoms with Gasteiger partial charge in [-0.15, -0.1) is 0 Å². The molecule has 0 aliphatic rings. The minimum absolute atomic E-state index is 0.0440. The largest absolute Gasteiger partial charge is 0.460 e. The van der Waals surface area contributed by atoms with Crippen LogP contribution in [0.2, 0.25) is 0 Å². The average molecular weight is 516 g/mol. The molecule has 0 saturated carbocycles. The van der Waals surface area contributed by atoms with Crippen molar-refractivity contribution in [2.75, 3.05) is 0 Å². The van der Waals surface area contributed by atoms with E-state index in [0.717, 1.165) is 0 Å². The summed E-state index contributed by atoms with van der Waals surface area (Å²) in [5.41, 5.74) is 0. The van der Waals surface area contributed by atoms with Gasteiger partial charge in [0.15, 0.2) is 0 Å². The molecule has 0 unspecified atom stereocenters. The Hall–Kier alpha value is -1.45. The molecule has 0 heterocycles. The van der Waals surface area contributed by atoms with Crippen LogP contribution in [0.5, 0.6) is 0 Å². The monoisotopic (exact) mass is 516 g/mol. The van der Waals surface area contributed by atoms with Gasteiger partial charge in [0.25, 0.3) is 0 Å². The quantitative estimate of drug-likeness (QED) is 0.148. The van der Waals surface area contributed by atoms with Gasteiger partial charge in [-0.3, -0.25) is 0 Å². The molecule has 0 N–H and O–H groups in total. The Morgan fingerprint density at radius 1 is 0.469 bits per heavy atom. The minimum atomic E-state index is -8.58. The zero-order chi connectivity index (χ0) is 26.2. The van der Waals surface area contributed by atoms with E-state index in [1.165, 1.54) is 0 Å². The number of unbranched alkanes of at least 4 members (excludes halogenated alkanes) is 2. The second-order valence-electron chi connectivity index (χ2n) is 6.47. The Kier molecular flexibility index (Phi) is 8.33. The number of halogens is 17. The van der Waals surface area contributed by atoms with E-state index in [9.17, 15) is 74.6 Å². The lowest BCUT2D eigenvalue weighted by Gasteiger charge is -2.42. The van der Waals surface area contributed by atoms with Gasteiger partial charge in [0.2, 0.25) is 0 Å². The van der Waals surface area contributed by atoms with Crippen LogP contribution in [0.25, 0.3) is 0 Å². The van der Waals surface area contributed by atoms with Gasteiger partial charge in [-0.2, -0.15) is 74.6 Å². The molecule has 17 heteroatoms. The average Bonchev–Trinajstić information content (AvgIpc) is 2.59. The fourth-order valence-electron chi connectivity index (χ4n) is 2.00. The number of hydrogen-bond acceptors (Lipinski definition) is 0. The molecule has 0 amide bonds. The molecule has 0 aliphatic carbocycles. The molecule has 0 saturated heterocycles. The van der Waals surface area contributed by atoms with Crippen molar-refractivity contribution in [2.45, 2.75) is 80.2 Å².